The van der Waals surface area contributed by atoms with Crippen molar-refractivity contribution in [2.24, 2.45) is 0 Å². The van der Waals surface area contributed by atoms with Gasteiger partial charge in [0.2, 0.25) is 0 Å². The van der Waals surface area contributed by atoms with E-state index in [1.807, 2.05) is 12.1 Å². The van der Waals surface area contributed by atoms with E-state index < -0.39 is 0 Å². The summed E-state index contributed by atoms with van der Waals surface area (Å²) in [5.74, 6) is 0.694. The van der Waals surface area contributed by atoms with Gasteiger partial charge in [-0.2, -0.15) is 0 Å². The molecule has 2 bridgehead atoms. The first-order valence-electron chi connectivity index (χ1n) is 6.98. The van der Waals surface area contributed by atoms with E-state index in [9.17, 15) is 4.79 Å². The maximum atomic E-state index is 10.6. The minimum absolute atomic E-state index is 0.694. The number of nitrogens with one attached hydrogen (secondary N) is 1. The Labute approximate surface area is 115 Å². The van der Waals surface area contributed by atoms with Crippen molar-refractivity contribution in [3.8, 4) is 0 Å². The zero-order valence-corrected chi connectivity index (χ0v) is 11.8. The molecule has 0 spiro atoms. The Morgan fingerprint density at radius 1 is 1.11 bits per heavy atom. The van der Waals surface area contributed by atoms with Crippen LogP contribution in [0.2, 0.25) is 0 Å². The fourth-order valence-corrected chi connectivity index (χ4v) is 3.18. The van der Waals surface area contributed by atoms with Crippen LogP contribution in [0, 0.1) is 0 Å². The summed E-state index contributed by atoms with van der Waals surface area (Å²) in [6, 6.07) is 9.58. The third-order valence-corrected chi connectivity index (χ3v) is 4.02. The highest BCUT2D eigenvalue weighted by atomic mass is 16.4. The molecule has 2 atom stereocenters. The Morgan fingerprint density at radius 3 is 2.11 bits per heavy atom. The molecule has 2 aliphatic rings. The Hall–Kier alpha value is -1.19. The standard InChI is InChI=1S/C14H17NO.C2H6O/c16-9-10-1-3-11(4-2-10)12-7-13-5-6-14(8-12)15-13;1-3-2/h1-4,9,12-15H,5-8H2;1-2H3. The van der Waals surface area contributed by atoms with Gasteiger partial charge in [-0.1, -0.05) is 24.3 Å². The first-order valence-corrected chi connectivity index (χ1v) is 6.98. The van der Waals surface area contributed by atoms with Crippen LogP contribution in [0.5, 0.6) is 0 Å². The van der Waals surface area contributed by atoms with Crippen LogP contribution in [0.3, 0.4) is 0 Å². The van der Waals surface area contributed by atoms with E-state index in [0.29, 0.717) is 5.92 Å². The summed E-state index contributed by atoms with van der Waals surface area (Å²) in [5, 5.41) is 3.66. The number of carbonyl (C=O) groups excluding carboxylic acids is 1. The van der Waals surface area contributed by atoms with Gasteiger partial charge in [0.1, 0.15) is 6.29 Å². The zero-order chi connectivity index (χ0) is 13.7. The fourth-order valence-electron chi connectivity index (χ4n) is 3.18. The highest BCUT2D eigenvalue weighted by molar-refractivity contribution is 5.74. The van der Waals surface area contributed by atoms with Gasteiger partial charge in [-0.15, -0.1) is 0 Å². The average molecular weight is 261 g/mol. The number of hydrogen-bond donors (Lipinski definition) is 1. The van der Waals surface area contributed by atoms with E-state index in [4.69, 9.17) is 0 Å². The third kappa shape index (κ3) is 3.64. The topological polar surface area (TPSA) is 38.3 Å². The molecule has 3 rings (SSSR count). The van der Waals surface area contributed by atoms with E-state index in [1.54, 1.807) is 14.2 Å². The Balaban J connectivity index is 0.000000408. The summed E-state index contributed by atoms with van der Waals surface area (Å²) < 4.78 is 4.25. The van der Waals surface area contributed by atoms with Crippen molar-refractivity contribution < 1.29 is 9.53 Å². The molecule has 19 heavy (non-hydrogen) atoms. The Bertz CT molecular complexity index is 390. The minimum Gasteiger partial charge on any atom is -0.388 e. The third-order valence-electron chi connectivity index (χ3n) is 4.02. The van der Waals surface area contributed by atoms with E-state index in [1.165, 1.54) is 31.2 Å². The lowest BCUT2D eigenvalue weighted by Crippen LogP contribution is -2.37. The number of aldehydes is 1. The predicted octanol–water partition coefficient (Wildman–Crippen LogP) is 2.76. The monoisotopic (exact) mass is 261 g/mol. The molecule has 2 heterocycles. The second kappa shape index (κ2) is 6.83. The van der Waals surface area contributed by atoms with E-state index in [2.05, 4.69) is 22.2 Å². The van der Waals surface area contributed by atoms with Gasteiger partial charge in [-0.05, 0) is 37.2 Å². The molecule has 1 aromatic rings. The summed E-state index contributed by atoms with van der Waals surface area (Å²) in [7, 11) is 3.25. The molecule has 1 N–H and O–H groups in total. The van der Waals surface area contributed by atoms with Crippen molar-refractivity contribution in [1.29, 1.82) is 0 Å². The molecule has 2 saturated heterocycles. The van der Waals surface area contributed by atoms with E-state index in [-0.39, 0.29) is 0 Å². The van der Waals surface area contributed by atoms with Crippen molar-refractivity contribution in [2.45, 2.75) is 43.7 Å². The van der Waals surface area contributed by atoms with Gasteiger partial charge in [0.05, 0.1) is 0 Å². The second-order valence-electron chi connectivity index (χ2n) is 5.50. The molecule has 0 radical (unpaired) electrons. The molecule has 0 aromatic heterocycles. The molecule has 1 aromatic carbocycles. The number of ether oxygens (including phenoxy) is 1. The maximum absolute atomic E-state index is 10.6. The summed E-state index contributed by atoms with van der Waals surface area (Å²) in [6.07, 6.45) is 6.12. The Morgan fingerprint density at radius 2 is 1.63 bits per heavy atom. The second-order valence-corrected chi connectivity index (χ2v) is 5.50. The molecule has 0 aliphatic carbocycles. The van der Waals surface area contributed by atoms with Gasteiger partial charge in [-0.3, -0.25) is 4.79 Å². The quantitative estimate of drug-likeness (QED) is 0.832. The van der Waals surface area contributed by atoms with Gasteiger partial charge in [0.25, 0.3) is 0 Å². The van der Waals surface area contributed by atoms with Crippen molar-refractivity contribution in [3.05, 3.63) is 35.4 Å². The van der Waals surface area contributed by atoms with Crippen LogP contribution in [0.15, 0.2) is 24.3 Å². The molecule has 0 amide bonds. The number of methoxy groups -OCH3 is 1. The highest BCUT2D eigenvalue weighted by Crippen LogP contribution is 2.36. The summed E-state index contributed by atoms with van der Waals surface area (Å²) in [5.41, 5.74) is 2.18. The smallest absolute Gasteiger partial charge is 0.150 e. The predicted molar refractivity (Wildman–Crippen MR) is 76.7 cm³/mol. The molecule has 2 aliphatic heterocycles. The van der Waals surface area contributed by atoms with Crippen LogP contribution in [0.1, 0.15) is 47.5 Å². The van der Waals surface area contributed by atoms with Crippen molar-refractivity contribution in [3.63, 3.8) is 0 Å². The average Bonchev–Trinajstić information content (AvgIpc) is 2.78. The molecule has 3 nitrogen and oxygen atoms in total. The number of hydrogen-bond acceptors (Lipinski definition) is 3. The van der Waals surface area contributed by atoms with Gasteiger partial charge in [-0.25, -0.2) is 0 Å². The lowest BCUT2D eigenvalue weighted by Gasteiger charge is -2.29. The minimum atomic E-state index is 0.694. The number of fused-ring (bicyclic) bond motifs is 2. The van der Waals surface area contributed by atoms with Crippen molar-refractivity contribution >= 4 is 6.29 Å². The van der Waals surface area contributed by atoms with Crippen molar-refractivity contribution in [2.75, 3.05) is 14.2 Å². The van der Waals surface area contributed by atoms with E-state index in [0.717, 1.165) is 23.9 Å². The summed E-state index contributed by atoms with van der Waals surface area (Å²) in [4.78, 5) is 10.6. The van der Waals surface area contributed by atoms with Crippen LogP contribution in [0.25, 0.3) is 0 Å². The van der Waals surface area contributed by atoms with Gasteiger partial charge < -0.3 is 10.1 Å². The lowest BCUT2D eigenvalue weighted by molar-refractivity contribution is 0.112. The number of carbonyl (C=O) groups is 1. The highest BCUT2D eigenvalue weighted by Gasteiger charge is 2.33. The molecular formula is C16H23NO2. The zero-order valence-electron chi connectivity index (χ0n) is 11.8. The van der Waals surface area contributed by atoms with Crippen LogP contribution >= 0.6 is 0 Å². The first-order chi connectivity index (χ1) is 9.26. The summed E-state index contributed by atoms with van der Waals surface area (Å²) in [6.45, 7) is 0. The molecule has 3 heteroatoms. The normalized spacial score (nSPS) is 28.4. The van der Waals surface area contributed by atoms with Gasteiger partial charge >= 0.3 is 0 Å². The number of rotatable bonds is 2. The first kappa shape index (κ1) is 14.2. The largest absolute Gasteiger partial charge is 0.388 e. The lowest BCUT2D eigenvalue weighted by atomic mass is 9.86. The van der Waals surface area contributed by atoms with Crippen LogP contribution in [0.4, 0.5) is 0 Å². The van der Waals surface area contributed by atoms with Crippen molar-refractivity contribution in [1.82, 2.24) is 5.32 Å². The molecule has 104 valence electrons. The van der Waals surface area contributed by atoms with E-state index >= 15 is 0 Å². The molecular weight excluding hydrogens is 238 g/mol. The number of piperidine rings is 1. The fraction of sp³-hybridized carbons (Fsp3) is 0.562. The molecule has 0 saturated carbocycles. The van der Waals surface area contributed by atoms with Crippen LogP contribution in [-0.2, 0) is 4.74 Å². The van der Waals surface area contributed by atoms with Gasteiger partial charge in [0.15, 0.2) is 0 Å². The maximum Gasteiger partial charge on any atom is 0.150 e. The number of benzene rings is 1. The summed E-state index contributed by atoms with van der Waals surface area (Å²) >= 11 is 0. The molecule has 2 unspecified atom stereocenters. The SMILES string of the molecule is COC.O=Cc1ccc(C2CC3CCC(C2)N3)cc1. The van der Waals surface area contributed by atoms with Gasteiger partial charge in [0, 0.05) is 31.9 Å². The molecule has 2 fully saturated rings. The van der Waals surface area contributed by atoms with Crippen LogP contribution < -0.4 is 5.32 Å². The van der Waals surface area contributed by atoms with Crippen LogP contribution in [-0.4, -0.2) is 32.6 Å². The Kier molecular flexibility index (Phi) is 5.11.